The molecule has 8 heteroatoms. The van der Waals surface area contributed by atoms with Crippen LogP contribution in [-0.2, 0) is 4.74 Å². The van der Waals surface area contributed by atoms with Crippen molar-refractivity contribution in [3.8, 4) is 11.5 Å². The number of rotatable bonds is 5. The van der Waals surface area contributed by atoms with E-state index in [0.717, 1.165) is 5.69 Å². The summed E-state index contributed by atoms with van der Waals surface area (Å²) in [6.07, 6.45) is 2.99. The minimum absolute atomic E-state index is 0.135. The molecule has 0 bridgehead atoms. The van der Waals surface area contributed by atoms with Crippen LogP contribution in [0.2, 0.25) is 0 Å². The van der Waals surface area contributed by atoms with Crippen LogP contribution in [0.1, 0.15) is 10.5 Å². The molecule has 1 aliphatic heterocycles. The number of anilines is 2. The summed E-state index contributed by atoms with van der Waals surface area (Å²) >= 11 is 0. The predicted octanol–water partition coefficient (Wildman–Crippen LogP) is 1.71. The molecular formula is C17H20N4O4. The van der Waals surface area contributed by atoms with E-state index >= 15 is 0 Å². The van der Waals surface area contributed by atoms with Crippen molar-refractivity contribution in [2.24, 2.45) is 0 Å². The van der Waals surface area contributed by atoms with Crippen LogP contribution >= 0.6 is 0 Å². The lowest BCUT2D eigenvalue weighted by molar-refractivity contribution is 0.0298. The molecule has 132 valence electrons. The lowest BCUT2D eigenvalue weighted by atomic mass is 10.2. The van der Waals surface area contributed by atoms with Gasteiger partial charge in [0.25, 0.3) is 5.91 Å². The van der Waals surface area contributed by atoms with E-state index in [4.69, 9.17) is 14.2 Å². The molecule has 0 aliphatic carbocycles. The molecule has 1 N–H and O–H groups in total. The molecule has 2 aromatic rings. The van der Waals surface area contributed by atoms with E-state index in [9.17, 15) is 4.79 Å². The van der Waals surface area contributed by atoms with Gasteiger partial charge in [0, 0.05) is 19.2 Å². The first-order valence-electron chi connectivity index (χ1n) is 7.89. The normalized spacial score (nSPS) is 14.1. The molecule has 1 aliphatic rings. The minimum atomic E-state index is -0.135. The molecule has 0 unspecified atom stereocenters. The van der Waals surface area contributed by atoms with E-state index in [2.05, 4.69) is 15.3 Å². The van der Waals surface area contributed by atoms with E-state index in [0.29, 0.717) is 49.3 Å². The summed E-state index contributed by atoms with van der Waals surface area (Å²) in [5.74, 6) is 1.70. The maximum atomic E-state index is 12.4. The van der Waals surface area contributed by atoms with Gasteiger partial charge in [0.15, 0.2) is 0 Å². The number of hydrogen-bond acceptors (Lipinski definition) is 7. The highest BCUT2D eigenvalue weighted by Gasteiger charge is 2.19. The number of methoxy groups -OCH3 is 2. The van der Waals surface area contributed by atoms with Gasteiger partial charge >= 0.3 is 0 Å². The Labute approximate surface area is 145 Å². The van der Waals surface area contributed by atoms with Crippen LogP contribution in [0, 0.1) is 0 Å². The largest absolute Gasteiger partial charge is 0.497 e. The third-order valence-electron chi connectivity index (χ3n) is 3.84. The maximum absolute atomic E-state index is 12.4. The first-order valence-corrected chi connectivity index (χ1v) is 7.89. The van der Waals surface area contributed by atoms with Crippen molar-refractivity contribution in [3.05, 3.63) is 36.3 Å². The van der Waals surface area contributed by atoms with Crippen LogP contribution in [-0.4, -0.2) is 61.3 Å². The fourth-order valence-corrected chi connectivity index (χ4v) is 2.47. The fourth-order valence-electron chi connectivity index (χ4n) is 2.47. The van der Waals surface area contributed by atoms with Crippen LogP contribution in [0.4, 0.5) is 11.5 Å². The standard InChI is InChI=1S/C17H20N4O4/c1-23-12-3-4-13(15(9-12)24-2)20-16-11-18-14(10-19-16)17(22)21-5-7-25-8-6-21/h3-4,9-11H,5-8H2,1-2H3,(H,19,20). The molecule has 1 fully saturated rings. The summed E-state index contributed by atoms with van der Waals surface area (Å²) < 4.78 is 15.8. The van der Waals surface area contributed by atoms with E-state index in [-0.39, 0.29) is 5.91 Å². The molecule has 8 nitrogen and oxygen atoms in total. The molecule has 1 aromatic heterocycles. The number of hydrogen-bond donors (Lipinski definition) is 1. The summed E-state index contributed by atoms with van der Waals surface area (Å²) in [4.78, 5) is 22.6. The molecule has 1 saturated heterocycles. The van der Waals surface area contributed by atoms with Crippen molar-refractivity contribution in [2.75, 3.05) is 45.8 Å². The van der Waals surface area contributed by atoms with Crippen LogP contribution < -0.4 is 14.8 Å². The average Bonchev–Trinajstić information content (AvgIpc) is 2.69. The van der Waals surface area contributed by atoms with Crippen molar-refractivity contribution in [2.45, 2.75) is 0 Å². The number of carbonyl (C=O) groups excluding carboxylic acids is 1. The second-order valence-electron chi connectivity index (χ2n) is 5.38. The van der Waals surface area contributed by atoms with Gasteiger partial charge < -0.3 is 24.4 Å². The Morgan fingerprint density at radius 1 is 1.16 bits per heavy atom. The predicted molar refractivity (Wildman–Crippen MR) is 91.6 cm³/mol. The number of amides is 1. The number of morpholine rings is 1. The van der Waals surface area contributed by atoms with E-state index < -0.39 is 0 Å². The van der Waals surface area contributed by atoms with Gasteiger partial charge in [-0.05, 0) is 12.1 Å². The molecule has 0 radical (unpaired) electrons. The Morgan fingerprint density at radius 2 is 1.96 bits per heavy atom. The first-order chi connectivity index (χ1) is 12.2. The number of nitrogens with zero attached hydrogens (tertiary/aromatic N) is 3. The lowest BCUT2D eigenvalue weighted by Crippen LogP contribution is -2.41. The average molecular weight is 344 g/mol. The quantitative estimate of drug-likeness (QED) is 0.883. The molecule has 25 heavy (non-hydrogen) atoms. The monoisotopic (exact) mass is 344 g/mol. The summed E-state index contributed by atoms with van der Waals surface area (Å²) in [7, 11) is 3.17. The smallest absolute Gasteiger partial charge is 0.274 e. The van der Waals surface area contributed by atoms with Gasteiger partial charge in [0.05, 0.1) is 45.5 Å². The number of ether oxygens (including phenoxy) is 3. The second kappa shape index (κ2) is 7.80. The summed E-state index contributed by atoms with van der Waals surface area (Å²) in [6.45, 7) is 2.25. The molecule has 0 atom stereocenters. The van der Waals surface area contributed by atoms with Gasteiger partial charge in [0.1, 0.15) is 23.0 Å². The molecule has 3 rings (SSSR count). The molecule has 2 heterocycles. The number of benzene rings is 1. The molecule has 1 amide bonds. The van der Waals surface area contributed by atoms with Gasteiger partial charge in [-0.3, -0.25) is 4.79 Å². The topological polar surface area (TPSA) is 85.8 Å². The van der Waals surface area contributed by atoms with Crippen LogP contribution in [0.3, 0.4) is 0 Å². The molecular weight excluding hydrogens is 324 g/mol. The highest BCUT2D eigenvalue weighted by molar-refractivity contribution is 5.92. The Morgan fingerprint density at radius 3 is 2.60 bits per heavy atom. The third-order valence-corrected chi connectivity index (χ3v) is 3.84. The van der Waals surface area contributed by atoms with Crippen molar-refractivity contribution < 1.29 is 19.0 Å². The third kappa shape index (κ3) is 3.97. The van der Waals surface area contributed by atoms with Crippen LogP contribution in [0.15, 0.2) is 30.6 Å². The summed E-state index contributed by atoms with van der Waals surface area (Å²) in [5, 5.41) is 3.12. The van der Waals surface area contributed by atoms with Gasteiger partial charge in [-0.25, -0.2) is 9.97 Å². The Balaban J connectivity index is 1.71. The van der Waals surface area contributed by atoms with Gasteiger partial charge in [-0.15, -0.1) is 0 Å². The summed E-state index contributed by atoms with van der Waals surface area (Å²) in [5.41, 5.74) is 1.04. The highest BCUT2D eigenvalue weighted by Crippen LogP contribution is 2.30. The molecule has 0 spiro atoms. The van der Waals surface area contributed by atoms with E-state index in [1.54, 1.807) is 25.2 Å². The fraction of sp³-hybridized carbons (Fsp3) is 0.353. The Bertz CT molecular complexity index is 730. The highest BCUT2D eigenvalue weighted by atomic mass is 16.5. The van der Waals surface area contributed by atoms with Crippen molar-refractivity contribution >= 4 is 17.4 Å². The SMILES string of the molecule is COc1ccc(Nc2cnc(C(=O)N3CCOCC3)cn2)c(OC)c1. The Kier molecular flexibility index (Phi) is 5.30. The maximum Gasteiger partial charge on any atom is 0.274 e. The lowest BCUT2D eigenvalue weighted by Gasteiger charge is -2.26. The second-order valence-corrected chi connectivity index (χ2v) is 5.38. The minimum Gasteiger partial charge on any atom is -0.497 e. The van der Waals surface area contributed by atoms with Crippen molar-refractivity contribution in [1.29, 1.82) is 0 Å². The molecule has 0 saturated carbocycles. The zero-order valence-electron chi connectivity index (χ0n) is 14.2. The van der Waals surface area contributed by atoms with Gasteiger partial charge in [-0.1, -0.05) is 0 Å². The van der Waals surface area contributed by atoms with Crippen molar-refractivity contribution in [1.82, 2.24) is 14.9 Å². The van der Waals surface area contributed by atoms with Gasteiger partial charge in [-0.2, -0.15) is 0 Å². The van der Waals surface area contributed by atoms with E-state index in [1.807, 2.05) is 12.1 Å². The number of aromatic nitrogens is 2. The number of carbonyl (C=O) groups is 1. The zero-order chi connectivity index (χ0) is 17.6. The van der Waals surface area contributed by atoms with Crippen LogP contribution in [0.5, 0.6) is 11.5 Å². The first kappa shape index (κ1) is 17.0. The molecule has 1 aromatic carbocycles. The summed E-state index contributed by atoms with van der Waals surface area (Å²) in [6, 6.07) is 5.41. The Hall–Kier alpha value is -2.87. The van der Waals surface area contributed by atoms with Gasteiger partial charge in [0.2, 0.25) is 0 Å². The van der Waals surface area contributed by atoms with Crippen LogP contribution in [0.25, 0.3) is 0 Å². The number of nitrogens with one attached hydrogen (secondary N) is 1. The van der Waals surface area contributed by atoms with E-state index in [1.165, 1.54) is 12.4 Å². The zero-order valence-corrected chi connectivity index (χ0v) is 14.2. The van der Waals surface area contributed by atoms with Crippen molar-refractivity contribution in [3.63, 3.8) is 0 Å².